The summed E-state index contributed by atoms with van der Waals surface area (Å²) < 4.78 is 11.0. The summed E-state index contributed by atoms with van der Waals surface area (Å²) in [4.78, 5) is 28.8. The fraction of sp³-hybridized carbons (Fsp3) is 0.417. The topological polar surface area (TPSA) is 59.1 Å². The van der Waals surface area contributed by atoms with Crippen LogP contribution in [0.1, 0.15) is 25.3 Å². The molecule has 0 aromatic heterocycles. The number of aryl methyl sites for hydroxylation is 1. The molecule has 1 fully saturated rings. The molecule has 7 heteroatoms. The second kappa shape index (κ2) is 11.6. The maximum atomic E-state index is 12.6. The third-order valence-corrected chi connectivity index (χ3v) is 5.49. The van der Waals surface area contributed by atoms with Gasteiger partial charge in [0.1, 0.15) is 11.5 Å². The molecule has 2 aromatic rings. The number of carbonyl (C=O) groups is 2. The number of ether oxygens (including phenoxy) is 2. The van der Waals surface area contributed by atoms with Gasteiger partial charge in [-0.15, -0.1) is 0 Å². The predicted octanol–water partition coefficient (Wildman–Crippen LogP) is 3.81. The van der Waals surface area contributed by atoms with Crippen LogP contribution in [0.4, 0.5) is 0 Å². The molecule has 1 heterocycles. The van der Waals surface area contributed by atoms with E-state index < -0.39 is 0 Å². The predicted molar refractivity (Wildman–Crippen MR) is 121 cm³/mol. The number of amides is 2. The Morgan fingerprint density at radius 3 is 2.03 bits per heavy atom. The third-order valence-electron chi connectivity index (χ3n) is 5.24. The van der Waals surface area contributed by atoms with E-state index in [1.807, 2.05) is 48.2 Å². The highest BCUT2D eigenvalue weighted by Crippen LogP contribution is 2.18. The molecule has 1 aliphatic rings. The van der Waals surface area contributed by atoms with Gasteiger partial charge >= 0.3 is 0 Å². The third kappa shape index (κ3) is 7.17. The van der Waals surface area contributed by atoms with Crippen molar-refractivity contribution in [1.82, 2.24) is 9.80 Å². The average molecular weight is 445 g/mol. The van der Waals surface area contributed by atoms with Crippen LogP contribution in [0, 0.1) is 0 Å². The van der Waals surface area contributed by atoms with Crippen LogP contribution in [0.5, 0.6) is 11.5 Å². The van der Waals surface area contributed by atoms with Crippen molar-refractivity contribution in [2.24, 2.45) is 0 Å². The van der Waals surface area contributed by atoms with E-state index in [1.165, 1.54) is 0 Å². The zero-order valence-corrected chi connectivity index (χ0v) is 18.6. The highest BCUT2D eigenvalue weighted by atomic mass is 35.5. The summed E-state index contributed by atoms with van der Waals surface area (Å²) in [5, 5.41) is 0.693. The van der Waals surface area contributed by atoms with Crippen molar-refractivity contribution in [2.75, 3.05) is 39.4 Å². The fourth-order valence-electron chi connectivity index (χ4n) is 3.51. The second-order valence-electron chi connectivity index (χ2n) is 7.43. The summed E-state index contributed by atoms with van der Waals surface area (Å²) in [5.41, 5.74) is 1.09. The quantitative estimate of drug-likeness (QED) is 0.621. The number of benzene rings is 2. The Hall–Kier alpha value is -2.73. The first-order valence-electron chi connectivity index (χ1n) is 10.7. The van der Waals surface area contributed by atoms with Crippen LogP contribution in [0.25, 0.3) is 0 Å². The van der Waals surface area contributed by atoms with E-state index in [1.54, 1.807) is 17.0 Å². The molecule has 0 N–H and O–H groups in total. The molecule has 166 valence electrons. The highest BCUT2D eigenvalue weighted by Gasteiger charge is 2.22. The smallest absolute Gasteiger partial charge is 0.260 e. The standard InChI is InChI=1S/C24H29ClN2O4/c1-2-30-21-9-11-22(12-10-21)31-18-24(29)27-15-3-14-26(16-17-27)23(28)13-6-19-4-7-20(25)8-5-19/h4-5,7-12H,2-3,6,13-18H2,1H3. The molecule has 0 bridgehead atoms. The van der Waals surface area contributed by atoms with E-state index >= 15 is 0 Å². The number of nitrogens with zero attached hydrogens (tertiary/aromatic N) is 2. The molecule has 1 saturated heterocycles. The van der Waals surface area contributed by atoms with E-state index in [0.717, 1.165) is 17.7 Å². The first kappa shape index (κ1) is 22.9. The molecule has 0 spiro atoms. The summed E-state index contributed by atoms with van der Waals surface area (Å²) >= 11 is 5.91. The SMILES string of the molecule is CCOc1ccc(OCC(=O)N2CCCN(C(=O)CCc3ccc(Cl)cc3)CC2)cc1. The van der Waals surface area contributed by atoms with Gasteiger partial charge in [0.2, 0.25) is 5.91 Å². The molecule has 2 amide bonds. The number of hydrogen-bond acceptors (Lipinski definition) is 4. The Kier molecular flexibility index (Phi) is 8.59. The van der Waals surface area contributed by atoms with Gasteiger partial charge in [0.05, 0.1) is 6.61 Å². The molecule has 0 radical (unpaired) electrons. The van der Waals surface area contributed by atoms with Gasteiger partial charge in [-0.2, -0.15) is 0 Å². The lowest BCUT2D eigenvalue weighted by molar-refractivity contribution is -0.134. The fourth-order valence-corrected chi connectivity index (χ4v) is 3.64. The Labute approximate surface area is 188 Å². The van der Waals surface area contributed by atoms with Gasteiger partial charge in [0.15, 0.2) is 6.61 Å². The van der Waals surface area contributed by atoms with Crippen LogP contribution in [0.15, 0.2) is 48.5 Å². The van der Waals surface area contributed by atoms with Crippen molar-refractivity contribution < 1.29 is 19.1 Å². The van der Waals surface area contributed by atoms with Crippen LogP contribution < -0.4 is 9.47 Å². The van der Waals surface area contributed by atoms with Crippen LogP contribution in [0.3, 0.4) is 0 Å². The normalized spacial score (nSPS) is 14.1. The van der Waals surface area contributed by atoms with Gasteiger partial charge in [-0.1, -0.05) is 23.7 Å². The Balaban J connectivity index is 1.42. The molecule has 2 aromatic carbocycles. The lowest BCUT2D eigenvalue weighted by Crippen LogP contribution is -2.39. The number of hydrogen-bond donors (Lipinski definition) is 0. The van der Waals surface area contributed by atoms with Gasteiger partial charge in [-0.25, -0.2) is 0 Å². The molecule has 6 nitrogen and oxygen atoms in total. The van der Waals surface area contributed by atoms with Gasteiger partial charge < -0.3 is 19.3 Å². The van der Waals surface area contributed by atoms with E-state index in [4.69, 9.17) is 21.1 Å². The summed E-state index contributed by atoms with van der Waals surface area (Å²) in [6.45, 7) is 4.90. The summed E-state index contributed by atoms with van der Waals surface area (Å²) in [6.07, 6.45) is 1.91. The van der Waals surface area contributed by atoms with E-state index in [2.05, 4.69) is 0 Å². The molecular formula is C24H29ClN2O4. The van der Waals surface area contributed by atoms with Gasteiger partial charge in [-0.3, -0.25) is 9.59 Å². The molecule has 0 saturated carbocycles. The molecule has 0 aliphatic carbocycles. The van der Waals surface area contributed by atoms with E-state index in [-0.39, 0.29) is 18.4 Å². The Bertz CT molecular complexity index is 855. The van der Waals surface area contributed by atoms with Crippen molar-refractivity contribution in [3.63, 3.8) is 0 Å². The first-order chi connectivity index (χ1) is 15.0. The minimum Gasteiger partial charge on any atom is -0.494 e. The van der Waals surface area contributed by atoms with Crippen LogP contribution in [-0.4, -0.2) is 61.0 Å². The summed E-state index contributed by atoms with van der Waals surface area (Å²) in [7, 11) is 0. The first-order valence-corrected chi connectivity index (χ1v) is 11.1. The zero-order chi connectivity index (χ0) is 22.1. The number of halogens is 1. The van der Waals surface area contributed by atoms with Crippen LogP contribution in [-0.2, 0) is 16.0 Å². The van der Waals surface area contributed by atoms with Crippen molar-refractivity contribution >= 4 is 23.4 Å². The second-order valence-corrected chi connectivity index (χ2v) is 7.87. The van der Waals surface area contributed by atoms with Gasteiger partial charge in [0, 0.05) is 37.6 Å². The molecular weight excluding hydrogens is 416 g/mol. The largest absolute Gasteiger partial charge is 0.494 e. The maximum Gasteiger partial charge on any atom is 0.260 e. The van der Waals surface area contributed by atoms with E-state index in [0.29, 0.717) is 56.4 Å². The van der Waals surface area contributed by atoms with Crippen molar-refractivity contribution in [1.29, 1.82) is 0 Å². The number of rotatable bonds is 8. The highest BCUT2D eigenvalue weighted by molar-refractivity contribution is 6.30. The van der Waals surface area contributed by atoms with Crippen molar-refractivity contribution in [3.8, 4) is 11.5 Å². The zero-order valence-electron chi connectivity index (χ0n) is 17.9. The maximum absolute atomic E-state index is 12.6. The molecule has 3 rings (SSSR count). The number of carbonyl (C=O) groups excluding carboxylic acids is 2. The van der Waals surface area contributed by atoms with Gasteiger partial charge in [0.25, 0.3) is 5.91 Å². The Morgan fingerprint density at radius 2 is 1.42 bits per heavy atom. The van der Waals surface area contributed by atoms with Crippen LogP contribution >= 0.6 is 11.6 Å². The van der Waals surface area contributed by atoms with Crippen molar-refractivity contribution in [3.05, 3.63) is 59.1 Å². The summed E-state index contributed by atoms with van der Waals surface area (Å²) in [6, 6.07) is 14.8. The van der Waals surface area contributed by atoms with Crippen LogP contribution in [0.2, 0.25) is 5.02 Å². The Morgan fingerprint density at radius 1 is 0.839 bits per heavy atom. The minimum atomic E-state index is -0.0654. The molecule has 0 atom stereocenters. The van der Waals surface area contributed by atoms with E-state index in [9.17, 15) is 9.59 Å². The summed E-state index contributed by atoms with van der Waals surface area (Å²) in [5.74, 6) is 1.46. The lowest BCUT2D eigenvalue weighted by atomic mass is 10.1. The average Bonchev–Trinajstić information content (AvgIpc) is 3.04. The molecule has 0 unspecified atom stereocenters. The molecule has 1 aliphatic heterocycles. The molecule has 31 heavy (non-hydrogen) atoms. The minimum absolute atomic E-state index is 0.0154. The van der Waals surface area contributed by atoms with Crippen molar-refractivity contribution in [2.45, 2.75) is 26.2 Å². The lowest BCUT2D eigenvalue weighted by Gasteiger charge is -2.22. The monoisotopic (exact) mass is 444 g/mol. The van der Waals surface area contributed by atoms with Gasteiger partial charge in [-0.05, 0) is 61.7 Å².